The van der Waals surface area contributed by atoms with Gasteiger partial charge in [-0.05, 0) is 24.3 Å². The molecule has 0 spiro atoms. The first-order valence-electron chi connectivity index (χ1n) is 6.22. The lowest BCUT2D eigenvalue weighted by molar-refractivity contribution is -0.385. The molecule has 0 aliphatic heterocycles. The average molecular weight is 338 g/mol. The zero-order chi connectivity index (χ0) is 18.4. The summed E-state index contributed by atoms with van der Waals surface area (Å²) < 4.78 is 25.6. The summed E-state index contributed by atoms with van der Waals surface area (Å²) in [6, 6.07) is 6.38. The first kappa shape index (κ1) is 18.5. The van der Waals surface area contributed by atoms with Crippen molar-refractivity contribution in [1.82, 2.24) is 0 Å². The predicted octanol–water partition coefficient (Wildman–Crippen LogP) is 1.34. The van der Waals surface area contributed by atoms with Crippen LogP contribution in [0.1, 0.15) is 20.7 Å². The molecule has 0 saturated heterocycles. The van der Waals surface area contributed by atoms with Crippen molar-refractivity contribution in [2.45, 2.75) is 0 Å². The largest absolute Gasteiger partial charge is 0.399 e. The number of hydrogen-bond donors (Lipinski definition) is 3. The Balaban J connectivity index is 0.000000243. The van der Waals surface area contributed by atoms with Gasteiger partial charge in [-0.15, -0.1) is 0 Å². The van der Waals surface area contributed by atoms with Crippen LogP contribution in [-0.4, -0.2) is 16.7 Å². The molecule has 2 aromatic rings. The summed E-state index contributed by atoms with van der Waals surface area (Å²) in [5.41, 5.74) is 14.2. The number of hydrogen-bond acceptors (Lipinski definition) is 5. The number of primary amides is 2. The number of nitro benzene ring substituents is 1. The number of nitrogens with zero attached hydrogens (tertiary/aromatic N) is 1. The first-order valence-corrected chi connectivity index (χ1v) is 6.22. The minimum Gasteiger partial charge on any atom is -0.399 e. The molecular formula is C14H12F2N4O4. The third kappa shape index (κ3) is 4.73. The fourth-order valence-corrected chi connectivity index (χ4v) is 1.55. The number of rotatable bonds is 3. The van der Waals surface area contributed by atoms with Gasteiger partial charge in [0.25, 0.3) is 17.5 Å². The van der Waals surface area contributed by atoms with Gasteiger partial charge >= 0.3 is 0 Å². The maximum atomic E-state index is 12.9. The molecule has 2 amide bonds. The van der Waals surface area contributed by atoms with Gasteiger partial charge in [0, 0.05) is 11.8 Å². The van der Waals surface area contributed by atoms with E-state index in [1.165, 1.54) is 12.1 Å². The van der Waals surface area contributed by atoms with Crippen LogP contribution in [0.15, 0.2) is 36.4 Å². The number of anilines is 1. The van der Waals surface area contributed by atoms with Gasteiger partial charge in [0.05, 0.1) is 22.1 Å². The van der Waals surface area contributed by atoms with E-state index < -0.39 is 34.1 Å². The van der Waals surface area contributed by atoms with E-state index in [-0.39, 0.29) is 16.8 Å². The monoisotopic (exact) mass is 338 g/mol. The number of nitrogens with two attached hydrogens (primary N) is 3. The lowest BCUT2D eigenvalue weighted by atomic mass is 10.2. The molecule has 10 heteroatoms. The molecule has 2 aromatic carbocycles. The molecule has 0 unspecified atom stereocenters. The van der Waals surface area contributed by atoms with Crippen molar-refractivity contribution < 1.29 is 23.3 Å². The topological polar surface area (TPSA) is 155 Å². The Hall–Kier alpha value is -3.56. The molecule has 2 rings (SSSR count). The summed E-state index contributed by atoms with van der Waals surface area (Å²) in [5.74, 6) is -3.41. The third-order valence-corrected chi connectivity index (χ3v) is 2.69. The highest BCUT2D eigenvalue weighted by Crippen LogP contribution is 2.15. The van der Waals surface area contributed by atoms with Gasteiger partial charge in [0.2, 0.25) is 0 Å². The van der Waals surface area contributed by atoms with E-state index in [1.54, 1.807) is 0 Å². The van der Waals surface area contributed by atoms with Gasteiger partial charge in [-0.2, -0.15) is 0 Å². The maximum Gasteiger partial charge on any atom is 0.272 e. The van der Waals surface area contributed by atoms with Gasteiger partial charge in [0.15, 0.2) is 0 Å². The van der Waals surface area contributed by atoms with Crippen LogP contribution in [0.4, 0.5) is 20.2 Å². The molecule has 0 bridgehead atoms. The van der Waals surface area contributed by atoms with Crippen LogP contribution in [0.2, 0.25) is 0 Å². The van der Waals surface area contributed by atoms with Crippen molar-refractivity contribution in [2.75, 3.05) is 5.73 Å². The Kier molecular flexibility index (Phi) is 5.88. The molecule has 24 heavy (non-hydrogen) atoms. The van der Waals surface area contributed by atoms with E-state index >= 15 is 0 Å². The Labute approximate surface area is 134 Å². The van der Waals surface area contributed by atoms with Gasteiger partial charge in [-0.3, -0.25) is 19.7 Å². The van der Waals surface area contributed by atoms with E-state index in [1.807, 2.05) is 0 Å². The van der Waals surface area contributed by atoms with Crippen molar-refractivity contribution in [3.8, 4) is 0 Å². The third-order valence-electron chi connectivity index (χ3n) is 2.69. The van der Waals surface area contributed by atoms with Gasteiger partial charge in [-0.25, -0.2) is 8.78 Å². The van der Waals surface area contributed by atoms with Gasteiger partial charge in [-0.1, -0.05) is 0 Å². The van der Waals surface area contributed by atoms with Crippen molar-refractivity contribution in [3.05, 3.63) is 69.3 Å². The number of non-ortho nitro benzene ring substituents is 1. The molecule has 0 fully saturated rings. The SMILES string of the molecule is NC(=O)c1ccc(N)cc1F.NC(=O)c1ccc([N+](=O)[O-])cc1F. The molecule has 0 atom stereocenters. The minimum absolute atomic E-state index is 0.140. The number of nitro groups is 1. The van der Waals surface area contributed by atoms with Crippen molar-refractivity contribution in [3.63, 3.8) is 0 Å². The highest BCUT2D eigenvalue weighted by atomic mass is 19.1. The highest BCUT2D eigenvalue weighted by molar-refractivity contribution is 5.93. The van der Waals surface area contributed by atoms with Crippen molar-refractivity contribution in [2.24, 2.45) is 11.5 Å². The second-order valence-electron chi connectivity index (χ2n) is 4.39. The summed E-state index contributed by atoms with van der Waals surface area (Å²) in [4.78, 5) is 30.4. The molecule has 0 aliphatic rings. The molecule has 0 saturated carbocycles. The fourth-order valence-electron chi connectivity index (χ4n) is 1.55. The Bertz CT molecular complexity index is 811. The fraction of sp³-hybridized carbons (Fsp3) is 0. The number of benzene rings is 2. The van der Waals surface area contributed by atoms with Crippen LogP contribution in [-0.2, 0) is 0 Å². The van der Waals surface area contributed by atoms with E-state index in [2.05, 4.69) is 0 Å². The van der Waals surface area contributed by atoms with Crippen LogP contribution < -0.4 is 17.2 Å². The zero-order valence-corrected chi connectivity index (χ0v) is 12.0. The van der Waals surface area contributed by atoms with Crippen LogP contribution in [0.5, 0.6) is 0 Å². The number of amides is 2. The van der Waals surface area contributed by atoms with Crippen LogP contribution in [0.25, 0.3) is 0 Å². The molecule has 0 radical (unpaired) electrons. The van der Waals surface area contributed by atoms with Crippen LogP contribution >= 0.6 is 0 Å². The second kappa shape index (κ2) is 7.63. The number of carbonyl (C=O) groups is 2. The van der Waals surface area contributed by atoms with Crippen LogP contribution in [0.3, 0.4) is 0 Å². The number of halogens is 2. The average Bonchev–Trinajstić information content (AvgIpc) is 2.46. The quantitative estimate of drug-likeness (QED) is 0.437. The summed E-state index contributed by atoms with van der Waals surface area (Å²) >= 11 is 0. The van der Waals surface area contributed by atoms with E-state index in [4.69, 9.17) is 17.2 Å². The Morgan fingerprint density at radius 1 is 0.917 bits per heavy atom. The van der Waals surface area contributed by atoms with Crippen LogP contribution in [0, 0.1) is 21.7 Å². The molecule has 0 aromatic heterocycles. The van der Waals surface area contributed by atoms with E-state index in [0.29, 0.717) is 6.07 Å². The Morgan fingerprint density at radius 2 is 1.38 bits per heavy atom. The second-order valence-corrected chi connectivity index (χ2v) is 4.39. The molecule has 8 nitrogen and oxygen atoms in total. The van der Waals surface area contributed by atoms with Crippen molar-refractivity contribution >= 4 is 23.2 Å². The summed E-state index contributed by atoms with van der Waals surface area (Å²) in [6.07, 6.45) is 0. The number of nitrogen functional groups attached to an aromatic ring is 1. The van der Waals surface area contributed by atoms with Gasteiger partial charge in [0.1, 0.15) is 11.6 Å². The Morgan fingerprint density at radius 3 is 1.75 bits per heavy atom. The lowest BCUT2D eigenvalue weighted by Crippen LogP contribution is -2.13. The molecular weight excluding hydrogens is 326 g/mol. The molecule has 0 aliphatic carbocycles. The zero-order valence-electron chi connectivity index (χ0n) is 12.0. The first-order chi connectivity index (χ1) is 11.1. The highest BCUT2D eigenvalue weighted by Gasteiger charge is 2.13. The normalized spacial score (nSPS) is 9.58. The minimum atomic E-state index is -0.985. The van der Waals surface area contributed by atoms with E-state index in [9.17, 15) is 28.5 Å². The number of carbonyl (C=O) groups excluding carboxylic acids is 2. The van der Waals surface area contributed by atoms with Crippen molar-refractivity contribution in [1.29, 1.82) is 0 Å². The van der Waals surface area contributed by atoms with E-state index in [0.717, 1.165) is 18.2 Å². The summed E-state index contributed by atoms with van der Waals surface area (Å²) in [6.45, 7) is 0. The summed E-state index contributed by atoms with van der Waals surface area (Å²) in [7, 11) is 0. The summed E-state index contributed by atoms with van der Waals surface area (Å²) in [5, 5.41) is 10.2. The predicted molar refractivity (Wildman–Crippen MR) is 80.9 cm³/mol. The smallest absolute Gasteiger partial charge is 0.272 e. The molecule has 6 N–H and O–H groups in total. The van der Waals surface area contributed by atoms with Gasteiger partial charge < -0.3 is 17.2 Å². The maximum absolute atomic E-state index is 12.9. The standard InChI is InChI=1S/C7H5FN2O3.C7H7FN2O/c8-6-3-4(10(12)13)1-2-5(6)7(9)11;8-6-3-4(9)1-2-5(6)7(10)11/h1-3H,(H2,9,11);1-3H,9H2,(H2,10,11). The lowest BCUT2D eigenvalue weighted by Gasteiger charge is -1.97. The molecule has 0 heterocycles. The molecule has 126 valence electrons.